The molecule has 0 bridgehead atoms. The van der Waals surface area contributed by atoms with Gasteiger partial charge in [0.05, 0.1) is 6.42 Å². The number of amides is 1. The summed E-state index contributed by atoms with van der Waals surface area (Å²) in [5, 5.41) is 11.9. The second-order valence-electron chi connectivity index (χ2n) is 7.13. The Kier molecular flexibility index (Phi) is 6.57. The molecule has 2 aromatic carbocycles. The highest BCUT2D eigenvalue weighted by Crippen LogP contribution is 2.30. The largest absolute Gasteiger partial charge is 0.481 e. The van der Waals surface area contributed by atoms with Crippen molar-refractivity contribution in [2.24, 2.45) is 0 Å². The van der Waals surface area contributed by atoms with Crippen LogP contribution in [0.1, 0.15) is 37.0 Å². The molecule has 148 valence electrons. The van der Waals surface area contributed by atoms with Crippen LogP contribution in [0, 0.1) is 19.7 Å². The summed E-state index contributed by atoms with van der Waals surface area (Å²) < 4.78 is 14.3. The third kappa shape index (κ3) is 5.19. The quantitative estimate of drug-likeness (QED) is 0.517. The molecule has 0 aromatic heterocycles. The van der Waals surface area contributed by atoms with E-state index in [1.165, 1.54) is 6.07 Å². The Morgan fingerprint density at radius 3 is 2.39 bits per heavy atom. The van der Waals surface area contributed by atoms with Gasteiger partial charge in [0.15, 0.2) is 0 Å². The predicted octanol–water partition coefficient (Wildman–Crippen LogP) is 4.07. The van der Waals surface area contributed by atoms with Crippen molar-refractivity contribution in [1.82, 2.24) is 5.32 Å². The number of anilines is 1. The van der Waals surface area contributed by atoms with Gasteiger partial charge in [-0.15, -0.1) is 0 Å². The molecule has 0 fully saturated rings. The molecule has 0 aliphatic heterocycles. The summed E-state index contributed by atoms with van der Waals surface area (Å²) >= 11 is 0. The summed E-state index contributed by atoms with van der Waals surface area (Å²) in [5.41, 5.74) is 9.62. The second-order valence-corrected chi connectivity index (χ2v) is 7.13. The summed E-state index contributed by atoms with van der Waals surface area (Å²) in [6.45, 7) is 7.29. The van der Waals surface area contributed by atoms with Gasteiger partial charge >= 0.3 is 5.97 Å². The zero-order valence-electron chi connectivity index (χ0n) is 16.5. The molecule has 6 heteroatoms. The Bertz CT molecular complexity index is 949. The Labute approximate surface area is 164 Å². The number of carbonyl (C=O) groups is 2. The van der Waals surface area contributed by atoms with E-state index in [9.17, 15) is 14.0 Å². The molecular weight excluding hydrogens is 359 g/mol. The highest BCUT2D eigenvalue weighted by atomic mass is 19.1. The number of nitrogen functional groups attached to an aromatic ring is 1. The molecule has 0 atom stereocenters. The number of hydrogen-bond acceptors (Lipinski definition) is 3. The molecule has 28 heavy (non-hydrogen) atoms. The van der Waals surface area contributed by atoms with E-state index in [2.05, 4.69) is 5.32 Å². The summed E-state index contributed by atoms with van der Waals surface area (Å²) in [5.74, 6) is -1.91. The maximum atomic E-state index is 14.3. The van der Waals surface area contributed by atoms with Crippen LogP contribution in [-0.2, 0) is 9.59 Å². The monoisotopic (exact) mass is 384 g/mol. The summed E-state index contributed by atoms with van der Waals surface area (Å²) in [6.07, 6.45) is 1.20. The Morgan fingerprint density at radius 1 is 1.14 bits per heavy atom. The van der Waals surface area contributed by atoms with E-state index in [1.54, 1.807) is 18.2 Å². The topological polar surface area (TPSA) is 92.4 Å². The van der Waals surface area contributed by atoms with Crippen molar-refractivity contribution >= 4 is 23.6 Å². The first-order valence-corrected chi connectivity index (χ1v) is 8.98. The average molecular weight is 384 g/mol. The number of hydrogen-bond donors (Lipinski definition) is 3. The smallest absolute Gasteiger partial charge is 0.308 e. The molecule has 5 nitrogen and oxygen atoms in total. The van der Waals surface area contributed by atoms with Crippen LogP contribution in [0.15, 0.2) is 35.9 Å². The number of carboxylic acid groups (broad SMARTS) is 1. The molecule has 0 unspecified atom stereocenters. The Morgan fingerprint density at radius 2 is 1.82 bits per heavy atom. The van der Waals surface area contributed by atoms with Crippen LogP contribution in [0.3, 0.4) is 0 Å². The van der Waals surface area contributed by atoms with Crippen molar-refractivity contribution in [3.05, 3.63) is 58.4 Å². The Hall–Kier alpha value is -3.15. The third-order valence-corrected chi connectivity index (χ3v) is 4.28. The van der Waals surface area contributed by atoms with E-state index in [1.807, 2.05) is 39.8 Å². The molecule has 2 aromatic rings. The number of carboxylic acids is 1. The van der Waals surface area contributed by atoms with Gasteiger partial charge in [-0.05, 0) is 74.2 Å². The van der Waals surface area contributed by atoms with E-state index >= 15 is 0 Å². The van der Waals surface area contributed by atoms with Crippen molar-refractivity contribution in [1.29, 1.82) is 0 Å². The maximum absolute atomic E-state index is 14.3. The third-order valence-electron chi connectivity index (χ3n) is 4.28. The number of aryl methyl sites for hydroxylation is 2. The fraction of sp³-hybridized carbons (Fsp3) is 0.273. The highest BCUT2D eigenvalue weighted by Gasteiger charge is 2.16. The van der Waals surface area contributed by atoms with Crippen molar-refractivity contribution in [2.75, 3.05) is 5.73 Å². The van der Waals surface area contributed by atoms with E-state index in [4.69, 9.17) is 10.8 Å². The van der Waals surface area contributed by atoms with Gasteiger partial charge < -0.3 is 16.2 Å². The minimum atomic E-state index is -1.08. The van der Waals surface area contributed by atoms with E-state index in [0.717, 1.165) is 16.7 Å². The molecule has 2 rings (SSSR count). The minimum absolute atomic E-state index is 0.108. The number of aliphatic carboxylic acids is 1. The molecular formula is C22H25FN2O3. The average Bonchev–Trinajstić information content (AvgIpc) is 2.56. The van der Waals surface area contributed by atoms with Crippen LogP contribution in [0.25, 0.3) is 17.2 Å². The van der Waals surface area contributed by atoms with E-state index in [0.29, 0.717) is 16.8 Å². The number of nitrogens with two attached hydrogens (primary N) is 1. The van der Waals surface area contributed by atoms with E-state index < -0.39 is 17.7 Å². The standard InChI is InChI=1S/C22H25FN2O3/c1-12(2)25-22(28)16(10-21(26)27)9-15-7-14(4)19(8-13(15)3)18-6-5-17(24)11-20(18)23/h5-9,11-12H,10,24H2,1-4H3,(H,25,28)(H,26,27). The first-order chi connectivity index (χ1) is 13.1. The van der Waals surface area contributed by atoms with Gasteiger partial charge in [0.25, 0.3) is 0 Å². The summed E-state index contributed by atoms with van der Waals surface area (Å²) in [6, 6.07) is 8.10. The first-order valence-electron chi connectivity index (χ1n) is 8.98. The fourth-order valence-corrected chi connectivity index (χ4v) is 2.94. The maximum Gasteiger partial charge on any atom is 0.308 e. The van der Waals surface area contributed by atoms with Crippen molar-refractivity contribution < 1.29 is 19.1 Å². The molecule has 1 amide bonds. The van der Waals surface area contributed by atoms with Gasteiger partial charge in [0.2, 0.25) is 5.91 Å². The van der Waals surface area contributed by atoms with E-state index in [-0.39, 0.29) is 18.0 Å². The van der Waals surface area contributed by atoms with Gasteiger partial charge in [-0.25, -0.2) is 4.39 Å². The zero-order chi connectivity index (χ0) is 21.0. The predicted molar refractivity (Wildman–Crippen MR) is 109 cm³/mol. The minimum Gasteiger partial charge on any atom is -0.481 e. The van der Waals surface area contributed by atoms with Gasteiger partial charge in [0.1, 0.15) is 5.82 Å². The molecule has 0 radical (unpaired) electrons. The van der Waals surface area contributed by atoms with Gasteiger partial charge in [-0.3, -0.25) is 9.59 Å². The lowest BCUT2D eigenvalue weighted by Crippen LogP contribution is -2.32. The number of halogens is 1. The molecule has 0 spiro atoms. The Balaban J connectivity index is 2.50. The number of rotatable bonds is 6. The van der Waals surface area contributed by atoms with Crippen molar-refractivity contribution in [3.63, 3.8) is 0 Å². The lowest BCUT2D eigenvalue weighted by Gasteiger charge is -2.14. The fourth-order valence-electron chi connectivity index (χ4n) is 2.94. The lowest BCUT2D eigenvalue weighted by molar-refractivity contribution is -0.137. The molecule has 0 heterocycles. The van der Waals surface area contributed by atoms with Crippen LogP contribution >= 0.6 is 0 Å². The number of nitrogens with one attached hydrogen (secondary N) is 1. The molecule has 0 aliphatic rings. The van der Waals surface area contributed by atoms with Crippen LogP contribution in [0.2, 0.25) is 0 Å². The normalized spacial score (nSPS) is 11.6. The lowest BCUT2D eigenvalue weighted by atomic mass is 9.93. The molecule has 0 saturated carbocycles. The number of carbonyl (C=O) groups excluding carboxylic acids is 1. The van der Waals surface area contributed by atoms with Gasteiger partial charge in [0, 0.05) is 22.9 Å². The molecule has 0 aliphatic carbocycles. The van der Waals surface area contributed by atoms with Crippen LogP contribution in [-0.4, -0.2) is 23.0 Å². The molecule has 4 N–H and O–H groups in total. The zero-order valence-corrected chi connectivity index (χ0v) is 16.5. The van der Waals surface area contributed by atoms with Crippen molar-refractivity contribution in [2.45, 2.75) is 40.2 Å². The summed E-state index contributed by atoms with van der Waals surface area (Å²) in [4.78, 5) is 23.5. The SMILES string of the molecule is Cc1cc(-c2ccc(N)cc2F)c(C)cc1C=C(CC(=O)O)C(=O)NC(C)C. The van der Waals surface area contributed by atoms with Crippen molar-refractivity contribution in [3.8, 4) is 11.1 Å². The van der Waals surface area contributed by atoms with Crippen LogP contribution < -0.4 is 11.1 Å². The second kappa shape index (κ2) is 8.69. The first kappa shape index (κ1) is 21.2. The van der Waals surface area contributed by atoms with Crippen LogP contribution in [0.5, 0.6) is 0 Å². The van der Waals surface area contributed by atoms with Gasteiger partial charge in [-0.2, -0.15) is 0 Å². The van der Waals surface area contributed by atoms with Gasteiger partial charge in [-0.1, -0.05) is 12.1 Å². The van der Waals surface area contributed by atoms with Crippen LogP contribution in [0.4, 0.5) is 10.1 Å². The summed E-state index contributed by atoms with van der Waals surface area (Å²) in [7, 11) is 0. The highest BCUT2D eigenvalue weighted by molar-refractivity contribution is 6.01. The molecule has 0 saturated heterocycles. The number of benzene rings is 2.